The highest BCUT2D eigenvalue weighted by Gasteiger charge is 2.26. The fourth-order valence-electron chi connectivity index (χ4n) is 2.57. The van der Waals surface area contributed by atoms with E-state index in [0.29, 0.717) is 11.4 Å². The second-order valence-corrected chi connectivity index (χ2v) is 5.65. The number of unbranched alkanes of at least 4 members (excludes halogenated alkanes) is 1. The first-order valence-electron chi connectivity index (χ1n) is 7.88. The van der Waals surface area contributed by atoms with Gasteiger partial charge in [-0.15, -0.1) is 0 Å². The van der Waals surface area contributed by atoms with Crippen molar-refractivity contribution >= 4 is 28.7 Å². The number of carbonyl (C=O) groups is 1. The Hall–Kier alpha value is -3.29. The number of hydrogen-bond acceptors (Lipinski definition) is 6. The van der Waals surface area contributed by atoms with Crippen LogP contribution in [0.15, 0.2) is 30.3 Å². The van der Waals surface area contributed by atoms with Gasteiger partial charge in [0.15, 0.2) is 11.5 Å². The Morgan fingerprint density at radius 2 is 2.12 bits per heavy atom. The molecule has 0 aliphatic carbocycles. The predicted octanol–water partition coefficient (Wildman–Crippen LogP) is 4.35. The number of anilines is 3. The normalized spacial score (nSPS) is 11.6. The molecule has 2 aromatic rings. The van der Waals surface area contributed by atoms with Gasteiger partial charge >= 0.3 is 5.97 Å². The molecule has 0 saturated heterocycles. The number of nitrogens with one attached hydrogen (secondary N) is 2. The first-order chi connectivity index (χ1) is 12.0. The summed E-state index contributed by atoms with van der Waals surface area (Å²) in [5, 5.41) is 26.7. The molecule has 8 heteroatoms. The Morgan fingerprint density at radius 3 is 2.80 bits per heavy atom. The van der Waals surface area contributed by atoms with Gasteiger partial charge in [-0.25, -0.2) is 4.79 Å². The quantitative estimate of drug-likeness (QED) is 0.346. The molecule has 1 aliphatic rings. The monoisotopic (exact) mass is 343 g/mol. The minimum absolute atomic E-state index is 0.116. The number of hydrogen-bond donors (Lipinski definition) is 3. The number of benzene rings is 2. The van der Waals surface area contributed by atoms with Crippen LogP contribution in [0.5, 0.6) is 11.5 Å². The van der Waals surface area contributed by atoms with Gasteiger partial charge in [0.2, 0.25) is 0 Å². The van der Waals surface area contributed by atoms with Gasteiger partial charge in [0.05, 0.1) is 27.9 Å². The summed E-state index contributed by atoms with van der Waals surface area (Å²) in [5.74, 6) is -0.673. The maximum absolute atomic E-state index is 11.5. The van der Waals surface area contributed by atoms with Crippen LogP contribution >= 0.6 is 0 Å². The van der Waals surface area contributed by atoms with E-state index in [1.165, 1.54) is 6.07 Å². The molecule has 2 aromatic carbocycles. The topological polar surface area (TPSA) is 114 Å². The molecule has 0 unspecified atom stereocenters. The summed E-state index contributed by atoms with van der Waals surface area (Å²) in [4.78, 5) is 21.8. The third kappa shape index (κ3) is 3.32. The second kappa shape index (κ2) is 6.68. The first-order valence-corrected chi connectivity index (χ1v) is 7.88. The fourth-order valence-corrected chi connectivity index (χ4v) is 2.57. The Morgan fingerprint density at radius 1 is 1.32 bits per heavy atom. The van der Waals surface area contributed by atoms with Crippen LogP contribution in [-0.2, 0) is 0 Å². The summed E-state index contributed by atoms with van der Waals surface area (Å²) in [6, 6.07) is 7.63. The number of non-ortho nitro benzene ring substituents is 1. The van der Waals surface area contributed by atoms with Crippen LogP contribution < -0.4 is 15.4 Å². The van der Waals surface area contributed by atoms with E-state index in [2.05, 4.69) is 17.6 Å². The summed E-state index contributed by atoms with van der Waals surface area (Å²) < 4.78 is 5.68. The third-order valence-electron chi connectivity index (χ3n) is 3.85. The van der Waals surface area contributed by atoms with E-state index in [-0.39, 0.29) is 22.7 Å². The van der Waals surface area contributed by atoms with Gasteiger partial charge in [0.1, 0.15) is 0 Å². The maximum Gasteiger partial charge on any atom is 0.338 e. The average molecular weight is 343 g/mol. The molecule has 8 nitrogen and oxygen atoms in total. The fraction of sp³-hybridized carbons (Fsp3) is 0.235. The lowest BCUT2D eigenvalue weighted by atomic mass is 10.1. The number of carboxylic acids is 1. The number of ether oxygens (including phenoxy) is 1. The number of rotatable bonds is 6. The molecule has 25 heavy (non-hydrogen) atoms. The Labute approximate surface area is 143 Å². The average Bonchev–Trinajstić information content (AvgIpc) is 2.59. The van der Waals surface area contributed by atoms with Crippen molar-refractivity contribution in [2.24, 2.45) is 0 Å². The van der Waals surface area contributed by atoms with Crippen molar-refractivity contribution in [3.8, 4) is 11.5 Å². The van der Waals surface area contributed by atoms with Gasteiger partial charge in [-0.05, 0) is 24.6 Å². The largest absolute Gasteiger partial charge is 0.478 e. The Bertz CT molecular complexity index is 850. The lowest BCUT2D eigenvalue weighted by Crippen LogP contribution is -2.10. The van der Waals surface area contributed by atoms with Crippen molar-refractivity contribution < 1.29 is 19.6 Å². The molecule has 130 valence electrons. The SMILES string of the molecule is CCCCNc1ccc2c(c1)Nc1c(cc([N+](=O)[O-])cc1C(=O)O)O2. The van der Waals surface area contributed by atoms with E-state index >= 15 is 0 Å². The number of nitro groups is 1. The van der Waals surface area contributed by atoms with Crippen molar-refractivity contribution in [3.05, 3.63) is 46.0 Å². The van der Waals surface area contributed by atoms with Crippen molar-refractivity contribution in [3.63, 3.8) is 0 Å². The van der Waals surface area contributed by atoms with Gasteiger partial charge in [-0.1, -0.05) is 13.3 Å². The highest BCUT2D eigenvalue weighted by atomic mass is 16.6. The van der Waals surface area contributed by atoms with Crippen molar-refractivity contribution in [1.29, 1.82) is 0 Å². The van der Waals surface area contributed by atoms with Crippen LogP contribution in [0, 0.1) is 10.1 Å². The highest BCUT2D eigenvalue weighted by molar-refractivity contribution is 5.99. The van der Waals surface area contributed by atoms with E-state index in [4.69, 9.17) is 4.74 Å². The maximum atomic E-state index is 11.5. The zero-order valence-electron chi connectivity index (χ0n) is 13.5. The summed E-state index contributed by atoms with van der Waals surface area (Å²) >= 11 is 0. The zero-order valence-corrected chi connectivity index (χ0v) is 13.5. The first kappa shape index (κ1) is 16.6. The molecule has 0 spiro atoms. The van der Waals surface area contributed by atoms with E-state index in [1.807, 2.05) is 12.1 Å². The molecule has 3 rings (SSSR count). The van der Waals surface area contributed by atoms with Gasteiger partial charge in [0, 0.05) is 18.3 Å². The molecule has 0 saturated carbocycles. The second-order valence-electron chi connectivity index (χ2n) is 5.65. The van der Waals surface area contributed by atoms with Crippen LogP contribution in [0.4, 0.5) is 22.7 Å². The van der Waals surface area contributed by atoms with Crippen molar-refractivity contribution in [2.45, 2.75) is 19.8 Å². The lowest BCUT2D eigenvalue weighted by Gasteiger charge is -2.23. The number of aromatic carboxylic acids is 1. The number of carboxylic acid groups (broad SMARTS) is 1. The highest BCUT2D eigenvalue weighted by Crippen LogP contribution is 2.46. The molecule has 3 N–H and O–H groups in total. The minimum atomic E-state index is -1.27. The van der Waals surface area contributed by atoms with Gasteiger partial charge in [-0.3, -0.25) is 10.1 Å². The van der Waals surface area contributed by atoms with Crippen LogP contribution in [0.3, 0.4) is 0 Å². The van der Waals surface area contributed by atoms with Gasteiger partial charge < -0.3 is 20.5 Å². The van der Waals surface area contributed by atoms with Crippen molar-refractivity contribution in [1.82, 2.24) is 0 Å². The molecule has 1 aliphatic heterocycles. The van der Waals surface area contributed by atoms with Crippen LogP contribution in [0.1, 0.15) is 30.1 Å². The molecular weight excluding hydrogens is 326 g/mol. The predicted molar refractivity (Wildman–Crippen MR) is 93.3 cm³/mol. The summed E-state index contributed by atoms with van der Waals surface area (Å²) in [6.07, 6.45) is 2.12. The van der Waals surface area contributed by atoms with Gasteiger partial charge in [0.25, 0.3) is 5.69 Å². The number of nitrogens with zero attached hydrogens (tertiary/aromatic N) is 1. The van der Waals surface area contributed by atoms with E-state index in [0.717, 1.165) is 31.1 Å². The molecular formula is C17H17N3O5. The Kier molecular flexibility index (Phi) is 4.42. The lowest BCUT2D eigenvalue weighted by molar-refractivity contribution is -0.384. The molecule has 0 bridgehead atoms. The molecule has 0 radical (unpaired) electrons. The summed E-state index contributed by atoms with van der Waals surface area (Å²) in [6.45, 7) is 2.94. The molecule has 0 fully saturated rings. The summed E-state index contributed by atoms with van der Waals surface area (Å²) in [5.41, 5.74) is 1.14. The summed E-state index contributed by atoms with van der Waals surface area (Å²) in [7, 11) is 0. The molecule has 1 heterocycles. The van der Waals surface area contributed by atoms with E-state index in [1.54, 1.807) is 6.07 Å². The number of fused-ring (bicyclic) bond motifs is 2. The molecule has 0 aromatic heterocycles. The standard InChI is InChI=1S/C17H17N3O5/c1-2-3-6-18-10-4-5-14-13(7-10)19-16-12(17(21)22)8-11(20(23)24)9-15(16)25-14/h4-5,7-9,18-19H,2-3,6H2,1H3,(H,21,22). The van der Waals surface area contributed by atoms with Crippen LogP contribution in [0.25, 0.3) is 0 Å². The van der Waals surface area contributed by atoms with E-state index in [9.17, 15) is 20.0 Å². The Balaban J connectivity index is 1.96. The smallest absolute Gasteiger partial charge is 0.338 e. The number of nitro benzene ring substituents is 1. The van der Waals surface area contributed by atoms with Crippen LogP contribution in [-0.4, -0.2) is 22.5 Å². The minimum Gasteiger partial charge on any atom is -0.478 e. The van der Waals surface area contributed by atoms with Crippen LogP contribution in [0.2, 0.25) is 0 Å². The molecule has 0 amide bonds. The van der Waals surface area contributed by atoms with Gasteiger partial charge in [-0.2, -0.15) is 0 Å². The van der Waals surface area contributed by atoms with Crippen molar-refractivity contribution in [2.75, 3.05) is 17.2 Å². The third-order valence-corrected chi connectivity index (χ3v) is 3.85. The zero-order chi connectivity index (χ0) is 18.0. The molecule has 0 atom stereocenters. The van der Waals surface area contributed by atoms with E-state index < -0.39 is 10.9 Å².